The number of aliphatic hydroxyl groups is 1. The molecule has 8 nitrogen and oxygen atoms in total. The lowest BCUT2D eigenvalue weighted by molar-refractivity contribution is -0.0484. The number of fused-ring (bicyclic) bond motifs is 1. The Morgan fingerprint density at radius 2 is 1.90 bits per heavy atom. The smallest absolute Gasteiger partial charge is 0.406 e. The van der Waals surface area contributed by atoms with Crippen LogP contribution in [0.3, 0.4) is 0 Å². The number of rotatable bonds is 6. The van der Waals surface area contributed by atoms with Gasteiger partial charge in [-0.2, -0.15) is 0 Å². The molecular formula is C18H26Cl2N2O6PSi+. The zero-order valence-corrected chi connectivity index (χ0v) is 20.8. The van der Waals surface area contributed by atoms with Gasteiger partial charge in [-0.25, -0.2) is 4.98 Å². The number of aliphatic hydroxyl groups excluding tert-OH is 1. The molecule has 1 aromatic carbocycles. The minimum absolute atomic E-state index is 0.130. The highest BCUT2D eigenvalue weighted by Crippen LogP contribution is 2.44. The minimum atomic E-state index is -2.93. The first-order valence-electron chi connectivity index (χ1n) is 9.44. The summed E-state index contributed by atoms with van der Waals surface area (Å²) in [5.41, 5.74) is 1.26. The Morgan fingerprint density at radius 3 is 2.47 bits per heavy atom. The first-order valence-corrected chi connectivity index (χ1v) is 14.2. The topological polar surface area (TPSA) is 103 Å². The quantitative estimate of drug-likeness (QED) is 0.443. The highest BCUT2D eigenvalue weighted by molar-refractivity contribution is 7.32. The number of imidazole rings is 1. The summed E-state index contributed by atoms with van der Waals surface area (Å²) in [6.45, 7) is 9.99. The number of ether oxygens (including phenoxy) is 1. The van der Waals surface area contributed by atoms with Gasteiger partial charge in [0.2, 0.25) is 0 Å². The average Bonchev–Trinajstić information content (AvgIpc) is 3.15. The van der Waals surface area contributed by atoms with Crippen molar-refractivity contribution in [2.75, 3.05) is 6.61 Å². The van der Waals surface area contributed by atoms with E-state index >= 15 is 0 Å². The van der Waals surface area contributed by atoms with Gasteiger partial charge in [0.25, 0.3) is 0 Å². The summed E-state index contributed by atoms with van der Waals surface area (Å²) in [6, 6.07) is 3.32. The van der Waals surface area contributed by atoms with E-state index in [1.165, 1.54) is 0 Å². The van der Waals surface area contributed by atoms with E-state index in [0.29, 0.717) is 21.1 Å². The fourth-order valence-electron chi connectivity index (χ4n) is 3.18. The van der Waals surface area contributed by atoms with Gasteiger partial charge in [-0.1, -0.05) is 44.0 Å². The maximum Gasteiger partial charge on any atom is 0.695 e. The predicted octanol–water partition coefficient (Wildman–Crippen LogP) is 4.66. The first-order chi connectivity index (χ1) is 13.9. The molecule has 2 aromatic rings. The van der Waals surface area contributed by atoms with Crippen molar-refractivity contribution in [3.8, 4) is 0 Å². The molecule has 0 amide bonds. The Kier molecular flexibility index (Phi) is 6.99. The normalized spacial score (nSPS) is 25.8. The lowest BCUT2D eigenvalue weighted by atomic mass is 10.1. The largest absolute Gasteiger partial charge is 0.695 e. The molecule has 0 saturated carbocycles. The molecule has 2 unspecified atom stereocenters. The molecule has 30 heavy (non-hydrogen) atoms. The third-order valence-electron chi connectivity index (χ3n) is 5.81. The first kappa shape index (κ1) is 24.0. The molecule has 0 aliphatic carbocycles. The minimum Gasteiger partial charge on any atom is -0.406 e. The zero-order valence-electron chi connectivity index (χ0n) is 17.4. The van der Waals surface area contributed by atoms with Gasteiger partial charge >= 0.3 is 8.25 Å². The Bertz CT molecular complexity index is 951. The average molecular weight is 496 g/mol. The molecule has 1 aromatic heterocycles. The van der Waals surface area contributed by atoms with E-state index < -0.39 is 47.7 Å². The van der Waals surface area contributed by atoms with Gasteiger partial charge in [0.15, 0.2) is 20.6 Å². The molecule has 1 aliphatic heterocycles. The summed E-state index contributed by atoms with van der Waals surface area (Å²) >= 11 is 12.3. The Hall–Kier alpha value is -0.613. The van der Waals surface area contributed by atoms with Crippen molar-refractivity contribution in [3.63, 3.8) is 0 Å². The van der Waals surface area contributed by atoms with Gasteiger partial charge in [-0.05, 0) is 30.3 Å². The van der Waals surface area contributed by atoms with Gasteiger partial charge in [-0.3, -0.25) is 0 Å². The van der Waals surface area contributed by atoms with Crippen LogP contribution in [0.4, 0.5) is 0 Å². The van der Waals surface area contributed by atoms with Crippen LogP contribution in [0, 0.1) is 0 Å². The molecule has 1 aliphatic rings. The molecule has 0 bridgehead atoms. The van der Waals surface area contributed by atoms with Crippen LogP contribution >= 0.6 is 31.5 Å². The molecule has 1 saturated heterocycles. The van der Waals surface area contributed by atoms with Crippen molar-refractivity contribution in [1.29, 1.82) is 0 Å². The van der Waals surface area contributed by atoms with Crippen molar-refractivity contribution < 1.29 is 28.3 Å². The van der Waals surface area contributed by atoms with Crippen LogP contribution in [0.2, 0.25) is 28.2 Å². The number of benzene rings is 1. The van der Waals surface area contributed by atoms with Gasteiger partial charge in [0.05, 0.1) is 34.0 Å². The lowest BCUT2D eigenvalue weighted by Crippen LogP contribution is -2.49. The molecule has 5 atom stereocenters. The van der Waals surface area contributed by atoms with Crippen molar-refractivity contribution >= 4 is 50.8 Å². The second-order valence-corrected chi connectivity index (χ2v) is 15.1. The van der Waals surface area contributed by atoms with Crippen molar-refractivity contribution in [3.05, 3.63) is 28.5 Å². The van der Waals surface area contributed by atoms with Crippen molar-refractivity contribution in [2.24, 2.45) is 0 Å². The summed E-state index contributed by atoms with van der Waals surface area (Å²) in [5, 5.41) is 10.4. The molecular weight excluding hydrogens is 470 g/mol. The third-order valence-corrected chi connectivity index (χ3v) is 11.4. The second-order valence-electron chi connectivity index (χ2n) is 8.81. The number of halogens is 2. The number of aromatic nitrogens is 2. The number of hydrogen-bond donors (Lipinski definition) is 2. The number of hydrogen-bond acceptors (Lipinski definition) is 6. The Balaban J connectivity index is 2.09. The maximum atomic E-state index is 11.5. The molecule has 3 rings (SSSR count). The second kappa shape index (κ2) is 8.73. The Morgan fingerprint density at radius 1 is 1.27 bits per heavy atom. The van der Waals surface area contributed by atoms with E-state index in [1.54, 1.807) is 23.0 Å². The highest BCUT2D eigenvalue weighted by Gasteiger charge is 2.54. The number of nitrogens with zero attached hydrogens (tertiary/aromatic N) is 2. The van der Waals surface area contributed by atoms with E-state index in [1.807, 2.05) is 0 Å². The highest BCUT2D eigenvalue weighted by atomic mass is 35.5. The van der Waals surface area contributed by atoms with E-state index in [9.17, 15) is 14.6 Å². The fourth-order valence-corrected chi connectivity index (χ4v) is 5.24. The van der Waals surface area contributed by atoms with Crippen molar-refractivity contribution in [2.45, 2.75) is 63.4 Å². The standard InChI is InChI=1S/C18H25Cl2N2O6PSi/c1-18(2,3)30(4,5)28-16-15(27-29(24)25)14(8-23)26-17(16)22-9-21-12-6-10(19)11(20)7-13(12)22/h6-7,9,14-17,23H,8H2,1-5H3/p+1/t14-,15?,16+,17-/m1/s1. The predicted molar refractivity (Wildman–Crippen MR) is 118 cm³/mol. The fraction of sp³-hybridized carbons (Fsp3) is 0.611. The van der Waals surface area contributed by atoms with E-state index in [0.717, 1.165) is 0 Å². The third kappa shape index (κ3) is 4.60. The van der Waals surface area contributed by atoms with E-state index in [2.05, 4.69) is 38.8 Å². The van der Waals surface area contributed by atoms with Crippen LogP contribution in [0.15, 0.2) is 18.5 Å². The SMILES string of the molecule is CC(C)(C)[Si](C)(C)O[C@H]1C(O[P+](=O)O)[C@@H](CO)O[C@H]1n1cnc2cc(Cl)c(Cl)cc21. The summed E-state index contributed by atoms with van der Waals surface area (Å²) in [7, 11) is -5.28. The van der Waals surface area contributed by atoms with Gasteiger partial charge < -0.3 is 18.8 Å². The van der Waals surface area contributed by atoms with E-state index in [-0.39, 0.29) is 5.04 Å². The van der Waals surface area contributed by atoms with Crippen LogP contribution in [0.5, 0.6) is 0 Å². The van der Waals surface area contributed by atoms with Gasteiger partial charge in [-0.15, -0.1) is 9.42 Å². The van der Waals surface area contributed by atoms with Crippen LogP contribution in [-0.4, -0.2) is 52.8 Å². The molecule has 0 radical (unpaired) electrons. The molecule has 0 spiro atoms. The summed E-state index contributed by atoms with van der Waals surface area (Å²) < 4.78 is 31.1. The lowest BCUT2D eigenvalue weighted by Gasteiger charge is -2.40. The molecule has 2 heterocycles. The monoisotopic (exact) mass is 495 g/mol. The van der Waals surface area contributed by atoms with Crippen LogP contribution in [0.1, 0.15) is 27.0 Å². The van der Waals surface area contributed by atoms with Crippen LogP contribution in [-0.2, 0) is 18.3 Å². The molecule has 166 valence electrons. The summed E-state index contributed by atoms with van der Waals surface area (Å²) in [4.78, 5) is 13.8. The molecule has 2 N–H and O–H groups in total. The molecule has 1 fully saturated rings. The van der Waals surface area contributed by atoms with Crippen LogP contribution < -0.4 is 0 Å². The maximum absolute atomic E-state index is 11.5. The summed E-state index contributed by atoms with van der Waals surface area (Å²) in [5.74, 6) is 0. The Labute approximate surface area is 187 Å². The summed E-state index contributed by atoms with van der Waals surface area (Å²) in [6.07, 6.45) is -1.72. The zero-order chi connectivity index (χ0) is 22.4. The van der Waals surface area contributed by atoms with Crippen molar-refractivity contribution in [1.82, 2.24) is 9.55 Å². The van der Waals surface area contributed by atoms with Gasteiger partial charge in [0.1, 0.15) is 12.2 Å². The van der Waals surface area contributed by atoms with E-state index in [4.69, 9.17) is 36.9 Å². The van der Waals surface area contributed by atoms with Gasteiger partial charge in [0, 0.05) is 4.57 Å². The molecule has 12 heteroatoms. The van der Waals surface area contributed by atoms with Crippen LogP contribution in [0.25, 0.3) is 11.0 Å².